The van der Waals surface area contributed by atoms with Gasteiger partial charge in [-0.3, -0.25) is 9.89 Å². The van der Waals surface area contributed by atoms with Crippen LogP contribution in [0.2, 0.25) is 0 Å². The number of hydrogen-bond acceptors (Lipinski definition) is 4. The van der Waals surface area contributed by atoms with E-state index in [1.807, 2.05) is 0 Å². The predicted molar refractivity (Wildman–Crippen MR) is 135 cm³/mol. The lowest BCUT2D eigenvalue weighted by atomic mass is 10.1. The minimum Gasteiger partial charge on any atom is -0.352 e. The maximum atomic E-state index is 13.3. The first-order chi connectivity index (χ1) is 17.8. The summed E-state index contributed by atoms with van der Waals surface area (Å²) in [7, 11) is -3.88. The van der Waals surface area contributed by atoms with Gasteiger partial charge in [-0.05, 0) is 78.6 Å². The Morgan fingerprint density at radius 2 is 1.62 bits per heavy atom. The Morgan fingerprint density at radius 3 is 2.30 bits per heavy atom. The van der Waals surface area contributed by atoms with Crippen LogP contribution in [0.3, 0.4) is 0 Å². The van der Waals surface area contributed by atoms with Crippen LogP contribution in [-0.4, -0.2) is 31.1 Å². The van der Waals surface area contributed by atoms with Crippen molar-refractivity contribution in [3.05, 3.63) is 119 Å². The van der Waals surface area contributed by atoms with Gasteiger partial charge in [0.15, 0.2) is 9.84 Å². The molecule has 4 aromatic rings. The number of aromatic nitrogens is 2. The summed E-state index contributed by atoms with van der Waals surface area (Å²) >= 11 is 0. The second-order valence-corrected chi connectivity index (χ2v) is 10.3. The van der Waals surface area contributed by atoms with Gasteiger partial charge < -0.3 is 5.32 Å². The number of nitrogens with one attached hydrogen (secondary N) is 2. The minimum atomic E-state index is -3.88. The molecule has 0 radical (unpaired) electrons. The molecule has 6 nitrogen and oxygen atoms in total. The third kappa shape index (κ3) is 7.12. The monoisotopic (exact) mass is 519 g/mol. The highest BCUT2D eigenvalue weighted by Gasteiger charge is 2.21. The summed E-state index contributed by atoms with van der Waals surface area (Å²) in [6, 6.07) is 14.9. The molecule has 0 aliphatic rings. The van der Waals surface area contributed by atoms with E-state index < -0.39 is 21.5 Å². The van der Waals surface area contributed by atoms with Gasteiger partial charge in [0.2, 0.25) is 0 Å². The summed E-state index contributed by atoms with van der Waals surface area (Å²) in [5, 5.41) is 9.45. The second kappa shape index (κ2) is 11.6. The van der Waals surface area contributed by atoms with Crippen molar-refractivity contribution in [2.45, 2.75) is 23.5 Å². The first-order valence-electron chi connectivity index (χ1n) is 11.4. The van der Waals surface area contributed by atoms with E-state index in [-0.39, 0.29) is 27.7 Å². The Bertz CT molecular complexity index is 1540. The maximum Gasteiger partial charge on any atom is 0.251 e. The normalized spacial score (nSPS) is 11.0. The Hall–Kier alpha value is -4.29. The summed E-state index contributed by atoms with van der Waals surface area (Å²) in [6.07, 6.45) is 4.95. The lowest BCUT2D eigenvalue weighted by molar-refractivity contribution is 0.0953. The maximum absolute atomic E-state index is 13.3. The average Bonchev–Trinajstić information content (AvgIpc) is 3.41. The predicted octanol–water partition coefficient (Wildman–Crippen LogP) is 4.42. The summed E-state index contributed by atoms with van der Waals surface area (Å²) < 4.78 is 53.0. The van der Waals surface area contributed by atoms with E-state index in [1.165, 1.54) is 66.7 Å². The number of halogens is 2. The number of carbonyl (C=O) groups excluding carboxylic acids is 1. The van der Waals surface area contributed by atoms with Crippen molar-refractivity contribution in [2.24, 2.45) is 0 Å². The SMILES string of the molecule is O=C(NCCCc1cn[nH]c1)c1ccc(S(=O)(=O)Cc2ccc(F)cc2)c(C#Cc2ccc(F)cc2)c1. The van der Waals surface area contributed by atoms with E-state index in [0.29, 0.717) is 24.1 Å². The van der Waals surface area contributed by atoms with Crippen LogP contribution in [0.15, 0.2) is 84.0 Å². The quantitative estimate of drug-likeness (QED) is 0.266. The standard InChI is InChI=1S/C28H23F2N3O3S/c29-25-10-4-20(5-11-25)3-8-23-16-24(28(34)31-15-1-2-22-17-32-33-18-22)9-14-27(23)37(35,36)19-21-6-12-26(30)13-7-21/h4-7,9-14,16-18H,1-2,15,19H2,(H,31,34)(H,32,33). The molecule has 0 atom stereocenters. The highest BCUT2D eigenvalue weighted by atomic mass is 32.2. The Labute approximate surface area is 213 Å². The molecule has 1 aromatic heterocycles. The molecule has 0 bridgehead atoms. The second-order valence-electron chi connectivity index (χ2n) is 8.32. The molecule has 0 aliphatic carbocycles. The number of amides is 1. The number of sulfone groups is 1. The molecule has 9 heteroatoms. The Kier molecular flexibility index (Phi) is 8.11. The zero-order chi connectivity index (χ0) is 26.3. The first kappa shape index (κ1) is 25.8. The molecule has 0 unspecified atom stereocenters. The molecule has 0 saturated carbocycles. The van der Waals surface area contributed by atoms with Gasteiger partial charge in [0.1, 0.15) is 11.6 Å². The van der Waals surface area contributed by atoms with Gasteiger partial charge in [-0.1, -0.05) is 24.0 Å². The molecule has 37 heavy (non-hydrogen) atoms. The van der Waals surface area contributed by atoms with Gasteiger partial charge in [-0.15, -0.1) is 0 Å². The average molecular weight is 520 g/mol. The van der Waals surface area contributed by atoms with Crippen molar-refractivity contribution in [1.29, 1.82) is 0 Å². The molecule has 4 rings (SSSR count). The zero-order valence-electron chi connectivity index (χ0n) is 19.7. The third-order valence-electron chi connectivity index (χ3n) is 5.52. The smallest absolute Gasteiger partial charge is 0.251 e. The van der Waals surface area contributed by atoms with Gasteiger partial charge in [-0.2, -0.15) is 5.10 Å². The third-order valence-corrected chi connectivity index (χ3v) is 7.25. The summed E-state index contributed by atoms with van der Waals surface area (Å²) in [4.78, 5) is 12.7. The number of aromatic amines is 1. The van der Waals surface area contributed by atoms with Crippen molar-refractivity contribution in [2.75, 3.05) is 6.54 Å². The molecular formula is C28H23F2N3O3S. The number of rotatable bonds is 8. The number of carbonyl (C=O) groups is 1. The van der Waals surface area contributed by atoms with Crippen LogP contribution in [0.4, 0.5) is 8.78 Å². The highest BCUT2D eigenvalue weighted by molar-refractivity contribution is 7.90. The number of H-pyrrole nitrogens is 1. The summed E-state index contributed by atoms with van der Waals surface area (Å²) in [5.41, 5.74) is 2.32. The van der Waals surface area contributed by atoms with E-state index in [4.69, 9.17) is 0 Å². The van der Waals surface area contributed by atoms with Crippen LogP contribution < -0.4 is 5.32 Å². The number of nitrogens with zero attached hydrogens (tertiary/aromatic N) is 1. The fraction of sp³-hybridized carbons (Fsp3) is 0.143. The lowest BCUT2D eigenvalue weighted by Gasteiger charge is -2.10. The fourth-order valence-corrected chi connectivity index (χ4v) is 5.11. The Balaban J connectivity index is 1.59. The molecule has 0 fully saturated rings. The van der Waals surface area contributed by atoms with Crippen LogP contribution >= 0.6 is 0 Å². The van der Waals surface area contributed by atoms with Crippen LogP contribution in [-0.2, 0) is 22.0 Å². The van der Waals surface area contributed by atoms with Gasteiger partial charge in [0, 0.05) is 29.4 Å². The van der Waals surface area contributed by atoms with Crippen molar-refractivity contribution < 1.29 is 22.0 Å². The topological polar surface area (TPSA) is 91.9 Å². The van der Waals surface area contributed by atoms with E-state index >= 15 is 0 Å². The van der Waals surface area contributed by atoms with Gasteiger partial charge in [0.25, 0.3) is 5.91 Å². The number of hydrogen-bond donors (Lipinski definition) is 2. The van der Waals surface area contributed by atoms with E-state index in [2.05, 4.69) is 27.4 Å². The molecular weight excluding hydrogens is 496 g/mol. The molecule has 0 aliphatic heterocycles. The van der Waals surface area contributed by atoms with Crippen molar-refractivity contribution in [3.8, 4) is 11.8 Å². The zero-order valence-corrected chi connectivity index (χ0v) is 20.5. The van der Waals surface area contributed by atoms with Crippen LogP contribution in [0.25, 0.3) is 0 Å². The van der Waals surface area contributed by atoms with Crippen molar-refractivity contribution in [1.82, 2.24) is 15.5 Å². The van der Waals surface area contributed by atoms with E-state index in [9.17, 15) is 22.0 Å². The van der Waals surface area contributed by atoms with Gasteiger partial charge in [0.05, 0.1) is 16.8 Å². The van der Waals surface area contributed by atoms with E-state index in [1.54, 1.807) is 12.4 Å². The molecule has 2 N–H and O–H groups in total. The summed E-state index contributed by atoms with van der Waals surface area (Å²) in [6.45, 7) is 0.422. The molecule has 0 spiro atoms. The van der Waals surface area contributed by atoms with Crippen LogP contribution in [0.5, 0.6) is 0 Å². The fourth-order valence-electron chi connectivity index (χ4n) is 3.60. The van der Waals surface area contributed by atoms with Crippen molar-refractivity contribution in [3.63, 3.8) is 0 Å². The van der Waals surface area contributed by atoms with Crippen LogP contribution in [0.1, 0.15) is 39.0 Å². The van der Waals surface area contributed by atoms with Gasteiger partial charge in [-0.25, -0.2) is 17.2 Å². The Morgan fingerprint density at radius 1 is 0.919 bits per heavy atom. The highest BCUT2D eigenvalue weighted by Crippen LogP contribution is 2.22. The van der Waals surface area contributed by atoms with Gasteiger partial charge >= 0.3 is 0 Å². The van der Waals surface area contributed by atoms with Crippen molar-refractivity contribution >= 4 is 15.7 Å². The molecule has 1 amide bonds. The van der Waals surface area contributed by atoms with Crippen LogP contribution in [0, 0.1) is 23.5 Å². The van der Waals surface area contributed by atoms with E-state index in [0.717, 1.165) is 12.0 Å². The molecule has 3 aromatic carbocycles. The minimum absolute atomic E-state index is 0.0528. The lowest BCUT2D eigenvalue weighted by Crippen LogP contribution is -2.25. The largest absolute Gasteiger partial charge is 0.352 e. The molecule has 1 heterocycles. The summed E-state index contributed by atoms with van der Waals surface area (Å²) in [5.74, 6) is 4.06. The number of benzene rings is 3. The first-order valence-corrected chi connectivity index (χ1v) is 13.1. The molecule has 188 valence electrons. The number of aryl methyl sites for hydroxylation is 1. The molecule has 0 saturated heterocycles.